The molecule has 0 aliphatic heterocycles. The van der Waals surface area contributed by atoms with Gasteiger partial charge in [0, 0.05) is 19.8 Å². The average Bonchev–Trinajstić information content (AvgIpc) is 2.71. The fourth-order valence-electron chi connectivity index (χ4n) is 2.78. The van der Waals surface area contributed by atoms with E-state index in [2.05, 4.69) is 15.7 Å². The van der Waals surface area contributed by atoms with Crippen LogP contribution in [0.15, 0.2) is 12.4 Å². The Morgan fingerprint density at radius 2 is 2.00 bits per heavy atom. The zero-order valence-electron chi connectivity index (χ0n) is 12.3. The van der Waals surface area contributed by atoms with Crippen LogP contribution in [0, 0.1) is 5.41 Å². The van der Waals surface area contributed by atoms with Crippen LogP contribution < -0.4 is 10.6 Å². The number of nitrogens with zero attached hydrogens (tertiary/aromatic N) is 2. The molecule has 0 radical (unpaired) electrons. The first kappa shape index (κ1) is 15.3. The number of carbonyl (C=O) groups is 2. The third-order valence-corrected chi connectivity index (χ3v) is 4.06. The minimum absolute atomic E-state index is 0.161. The normalized spacial score (nSPS) is 17.8. The van der Waals surface area contributed by atoms with Gasteiger partial charge in [0.25, 0.3) is 0 Å². The van der Waals surface area contributed by atoms with E-state index in [0.29, 0.717) is 18.5 Å². The second kappa shape index (κ2) is 6.60. The van der Waals surface area contributed by atoms with E-state index in [9.17, 15) is 14.7 Å². The molecule has 1 fully saturated rings. The van der Waals surface area contributed by atoms with Crippen LogP contribution in [0.2, 0.25) is 0 Å². The summed E-state index contributed by atoms with van der Waals surface area (Å²) in [6.45, 7) is 0.161. The summed E-state index contributed by atoms with van der Waals surface area (Å²) in [7, 11) is 1.76. The fourth-order valence-corrected chi connectivity index (χ4v) is 2.78. The number of hydrogen-bond donors (Lipinski definition) is 3. The first-order valence-corrected chi connectivity index (χ1v) is 7.29. The number of aliphatic carboxylic acids is 1. The van der Waals surface area contributed by atoms with Crippen LogP contribution in [-0.4, -0.2) is 33.4 Å². The summed E-state index contributed by atoms with van der Waals surface area (Å²) in [6.07, 6.45) is 8.39. The van der Waals surface area contributed by atoms with Crippen LogP contribution in [0.4, 0.5) is 10.5 Å². The molecule has 7 nitrogen and oxygen atoms in total. The Hall–Kier alpha value is -2.05. The molecule has 1 aromatic heterocycles. The van der Waals surface area contributed by atoms with E-state index >= 15 is 0 Å². The minimum Gasteiger partial charge on any atom is -0.481 e. The summed E-state index contributed by atoms with van der Waals surface area (Å²) in [5, 5.41) is 18.8. The lowest BCUT2D eigenvalue weighted by molar-refractivity contribution is -0.149. The highest BCUT2D eigenvalue weighted by Crippen LogP contribution is 2.34. The molecule has 116 valence electrons. The fraction of sp³-hybridized carbons (Fsp3) is 0.643. The summed E-state index contributed by atoms with van der Waals surface area (Å²) >= 11 is 0. The molecule has 0 spiro atoms. The number of carboxylic acid groups (broad SMARTS) is 1. The molecule has 2 amide bonds. The van der Waals surface area contributed by atoms with Crippen LogP contribution in [0.3, 0.4) is 0 Å². The van der Waals surface area contributed by atoms with Crippen LogP contribution in [0.5, 0.6) is 0 Å². The highest BCUT2D eigenvalue weighted by molar-refractivity contribution is 5.89. The molecule has 0 aromatic carbocycles. The maximum absolute atomic E-state index is 11.9. The first-order valence-electron chi connectivity index (χ1n) is 7.29. The minimum atomic E-state index is -0.831. The molecule has 1 aromatic rings. The molecule has 0 bridgehead atoms. The lowest BCUT2D eigenvalue weighted by Gasteiger charge is -2.28. The van der Waals surface area contributed by atoms with E-state index in [-0.39, 0.29) is 6.54 Å². The van der Waals surface area contributed by atoms with Crippen molar-refractivity contribution >= 4 is 17.7 Å². The maximum atomic E-state index is 11.9. The largest absolute Gasteiger partial charge is 0.481 e. The van der Waals surface area contributed by atoms with Crippen molar-refractivity contribution in [1.29, 1.82) is 0 Å². The van der Waals surface area contributed by atoms with E-state index < -0.39 is 17.4 Å². The number of aryl methyl sites for hydroxylation is 1. The van der Waals surface area contributed by atoms with Crippen molar-refractivity contribution in [1.82, 2.24) is 15.1 Å². The van der Waals surface area contributed by atoms with Crippen LogP contribution in [0.25, 0.3) is 0 Å². The second-order valence-corrected chi connectivity index (χ2v) is 5.71. The summed E-state index contributed by atoms with van der Waals surface area (Å²) in [5.74, 6) is -0.814. The van der Waals surface area contributed by atoms with Crippen molar-refractivity contribution in [3.05, 3.63) is 12.4 Å². The third-order valence-electron chi connectivity index (χ3n) is 4.06. The van der Waals surface area contributed by atoms with E-state index in [1.54, 1.807) is 17.9 Å². The Labute approximate surface area is 123 Å². The van der Waals surface area contributed by atoms with Crippen molar-refractivity contribution in [3.8, 4) is 0 Å². The van der Waals surface area contributed by atoms with Gasteiger partial charge in [-0.1, -0.05) is 25.7 Å². The highest BCUT2D eigenvalue weighted by atomic mass is 16.4. The maximum Gasteiger partial charge on any atom is 0.319 e. The summed E-state index contributed by atoms with van der Waals surface area (Å²) < 4.78 is 1.58. The number of rotatable bonds is 4. The zero-order valence-corrected chi connectivity index (χ0v) is 12.3. The second-order valence-electron chi connectivity index (χ2n) is 5.71. The molecule has 1 aliphatic carbocycles. The van der Waals surface area contributed by atoms with Crippen LogP contribution in [0.1, 0.15) is 38.5 Å². The van der Waals surface area contributed by atoms with Crippen molar-refractivity contribution < 1.29 is 14.7 Å². The molecule has 1 heterocycles. The van der Waals surface area contributed by atoms with Gasteiger partial charge in [0.2, 0.25) is 0 Å². The number of anilines is 1. The Morgan fingerprint density at radius 3 is 2.52 bits per heavy atom. The van der Waals surface area contributed by atoms with Crippen molar-refractivity contribution in [2.24, 2.45) is 12.5 Å². The summed E-state index contributed by atoms with van der Waals surface area (Å²) in [6, 6.07) is -0.395. The van der Waals surface area contributed by atoms with Gasteiger partial charge in [-0.25, -0.2) is 4.79 Å². The summed E-state index contributed by atoms with van der Waals surface area (Å²) in [5.41, 5.74) is -0.247. The van der Waals surface area contributed by atoms with Crippen molar-refractivity contribution in [2.45, 2.75) is 38.5 Å². The van der Waals surface area contributed by atoms with Gasteiger partial charge in [-0.15, -0.1) is 0 Å². The van der Waals surface area contributed by atoms with Gasteiger partial charge in [-0.05, 0) is 12.8 Å². The molecular formula is C14H22N4O3. The van der Waals surface area contributed by atoms with Crippen molar-refractivity contribution in [2.75, 3.05) is 11.9 Å². The number of amides is 2. The lowest BCUT2D eigenvalue weighted by atomic mass is 9.80. The van der Waals surface area contributed by atoms with Gasteiger partial charge < -0.3 is 15.7 Å². The van der Waals surface area contributed by atoms with E-state index in [1.807, 2.05) is 0 Å². The third kappa shape index (κ3) is 3.96. The molecule has 0 unspecified atom stereocenters. The average molecular weight is 294 g/mol. The zero-order chi connectivity index (χ0) is 15.3. The van der Waals surface area contributed by atoms with Gasteiger partial charge in [-0.3, -0.25) is 9.48 Å². The number of carboxylic acids is 1. The number of aromatic nitrogens is 2. The number of nitrogens with one attached hydrogen (secondary N) is 2. The van der Waals surface area contributed by atoms with Gasteiger partial charge in [0.15, 0.2) is 0 Å². The van der Waals surface area contributed by atoms with Gasteiger partial charge in [0.1, 0.15) is 0 Å². The van der Waals surface area contributed by atoms with E-state index in [0.717, 1.165) is 25.7 Å². The van der Waals surface area contributed by atoms with Crippen LogP contribution >= 0.6 is 0 Å². The van der Waals surface area contributed by atoms with Gasteiger partial charge in [0.05, 0.1) is 17.3 Å². The smallest absolute Gasteiger partial charge is 0.319 e. The SMILES string of the molecule is Cn1cc(NC(=O)NCC2(C(=O)O)CCCCCC2)cn1. The van der Waals surface area contributed by atoms with Gasteiger partial charge >= 0.3 is 12.0 Å². The van der Waals surface area contributed by atoms with E-state index in [4.69, 9.17) is 0 Å². The van der Waals surface area contributed by atoms with E-state index in [1.165, 1.54) is 6.20 Å². The molecule has 1 saturated carbocycles. The van der Waals surface area contributed by atoms with Crippen molar-refractivity contribution in [3.63, 3.8) is 0 Å². The molecule has 21 heavy (non-hydrogen) atoms. The Bertz CT molecular complexity index is 504. The van der Waals surface area contributed by atoms with Gasteiger partial charge in [-0.2, -0.15) is 5.10 Å². The molecule has 3 N–H and O–H groups in total. The lowest BCUT2D eigenvalue weighted by Crippen LogP contribution is -2.44. The van der Waals surface area contributed by atoms with Crippen LogP contribution in [-0.2, 0) is 11.8 Å². The topological polar surface area (TPSA) is 96.2 Å². The molecular weight excluding hydrogens is 272 g/mol. The predicted molar refractivity (Wildman–Crippen MR) is 78.0 cm³/mol. The molecule has 0 atom stereocenters. The Kier molecular flexibility index (Phi) is 4.82. The monoisotopic (exact) mass is 294 g/mol. The number of carbonyl (C=O) groups excluding carboxylic acids is 1. The Balaban J connectivity index is 1.92. The molecule has 0 saturated heterocycles. The summed E-state index contributed by atoms with van der Waals surface area (Å²) in [4.78, 5) is 23.5. The standard InChI is InChI=1S/C14H22N4O3/c1-18-9-11(8-16-18)17-13(21)15-10-14(12(19)20)6-4-2-3-5-7-14/h8-9H,2-7,10H2,1H3,(H,19,20)(H2,15,17,21). The number of hydrogen-bond acceptors (Lipinski definition) is 3. The molecule has 1 aliphatic rings. The predicted octanol–water partition coefficient (Wildman–Crippen LogP) is 1.97. The number of urea groups is 1. The first-order chi connectivity index (χ1) is 10.0. The molecule has 7 heteroatoms. The quantitative estimate of drug-likeness (QED) is 0.740. The molecule has 2 rings (SSSR count). The Morgan fingerprint density at radius 1 is 1.33 bits per heavy atom. The highest BCUT2D eigenvalue weighted by Gasteiger charge is 2.38.